The van der Waals surface area contributed by atoms with E-state index in [0.29, 0.717) is 12.5 Å². The molecule has 0 aliphatic carbocycles. The Labute approximate surface area is 95.7 Å². The van der Waals surface area contributed by atoms with Crippen molar-refractivity contribution in [1.82, 2.24) is 10.3 Å². The average Bonchev–Trinajstić information content (AvgIpc) is 2.17. The number of aromatic nitrogens is 1. The van der Waals surface area contributed by atoms with E-state index in [1.165, 1.54) is 12.3 Å². The number of aliphatic hydroxyl groups is 1. The second-order valence-electron chi connectivity index (χ2n) is 4.65. The highest BCUT2D eigenvalue weighted by atomic mass is 19.1. The molecule has 0 saturated carbocycles. The van der Waals surface area contributed by atoms with Crippen LogP contribution in [0.15, 0.2) is 18.5 Å². The summed E-state index contributed by atoms with van der Waals surface area (Å²) in [4.78, 5) is 3.66. The summed E-state index contributed by atoms with van der Waals surface area (Å²) in [6.45, 7) is 6.87. The first-order chi connectivity index (χ1) is 7.43. The van der Waals surface area contributed by atoms with Crippen molar-refractivity contribution in [3.8, 4) is 0 Å². The molecule has 0 aliphatic heterocycles. The van der Waals surface area contributed by atoms with E-state index in [-0.39, 0.29) is 5.56 Å². The van der Waals surface area contributed by atoms with Gasteiger partial charge in [-0.05, 0) is 25.5 Å². The van der Waals surface area contributed by atoms with Crippen molar-refractivity contribution in [3.63, 3.8) is 0 Å². The van der Waals surface area contributed by atoms with Crippen LogP contribution in [0.1, 0.15) is 26.3 Å². The SMILES string of the molecule is CC(C)CNCC(C)(O)c1ccncc1F. The van der Waals surface area contributed by atoms with Gasteiger partial charge in [-0.1, -0.05) is 13.8 Å². The summed E-state index contributed by atoms with van der Waals surface area (Å²) in [6.07, 6.45) is 2.60. The van der Waals surface area contributed by atoms with E-state index in [1.807, 2.05) is 0 Å². The van der Waals surface area contributed by atoms with Crippen LogP contribution in [-0.4, -0.2) is 23.2 Å². The van der Waals surface area contributed by atoms with Crippen LogP contribution in [0.25, 0.3) is 0 Å². The van der Waals surface area contributed by atoms with Crippen LogP contribution >= 0.6 is 0 Å². The van der Waals surface area contributed by atoms with Crippen LogP contribution in [0.5, 0.6) is 0 Å². The lowest BCUT2D eigenvalue weighted by Gasteiger charge is -2.25. The molecule has 0 aliphatic rings. The molecule has 3 nitrogen and oxygen atoms in total. The number of rotatable bonds is 5. The van der Waals surface area contributed by atoms with E-state index in [0.717, 1.165) is 12.7 Å². The summed E-state index contributed by atoms with van der Waals surface area (Å²) in [7, 11) is 0. The highest BCUT2D eigenvalue weighted by molar-refractivity contribution is 5.20. The monoisotopic (exact) mass is 226 g/mol. The Hall–Kier alpha value is -1.00. The second kappa shape index (κ2) is 5.37. The van der Waals surface area contributed by atoms with Gasteiger partial charge < -0.3 is 10.4 Å². The third-order valence-electron chi connectivity index (χ3n) is 2.37. The van der Waals surface area contributed by atoms with Crippen LogP contribution in [0.4, 0.5) is 4.39 Å². The van der Waals surface area contributed by atoms with Gasteiger partial charge in [0.05, 0.1) is 6.20 Å². The molecule has 1 atom stereocenters. The highest BCUT2D eigenvalue weighted by Gasteiger charge is 2.25. The normalized spacial score (nSPS) is 15.1. The van der Waals surface area contributed by atoms with Gasteiger partial charge >= 0.3 is 0 Å². The van der Waals surface area contributed by atoms with Crippen molar-refractivity contribution < 1.29 is 9.50 Å². The minimum atomic E-state index is -1.21. The Kier molecular flexibility index (Phi) is 4.38. The molecular weight excluding hydrogens is 207 g/mol. The van der Waals surface area contributed by atoms with Gasteiger partial charge in [-0.2, -0.15) is 0 Å². The fourth-order valence-corrected chi connectivity index (χ4v) is 1.51. The van der Waals surface area contributed by atoms with Crippen molar-refractivity contribution in [3.05, 3.63) is 29.8 Å². The fraction of sp³-hybridized carbons (Fsp3) is 0.583. The predicted molar refractivity (Wildman–Crippen MR) is 61.5 cm³/mol. The smallest absolute Gasteiger partial charge is 0.147 e. The number of hydrogen-bond donors (Lipinski definition) is 2. The van der Waals surface area contributed by atoms with Crippen molar-refractivity contribution in [2.24, 2.45) is 5.92 Å². The van der Waals surface area contributed by atoms with E-state index < -0.39 is 11.4 Å². The summed E-state index contributed by atoms with van der Waals surface area (Å²) in [5.74, 6) is 0.0249. The van der Waals surface area contributed by atoms with Crippen molar-refractivity contribution in [1.29, 1.82) is 0 Å². The first-order valence-corrected chi connectivity index (χ1v) is 5.46. The van der Waals surface area contributed by atoms with Crippen LogP contribution < -0.4 is 5.32 Å². The largest absolute Gasteiger partial charge is 0.384 e. The van der Waals surface area contributed by atoms with E-state index in [9.17, 15) is 9.50 Å². The van der Waals surface area contributed by atoms with Crippen molar-refractivity contribution in [2.45, 2.75) is 26.4 Å². The highest BCUT2D eigenvalue weighted by Crippen LogP contribution is 2.21. The Bertz CT molecular complexity index is 340. The van der Waals surface area contributed by atoms with Crippen molar-refractivity contribution in [2.75, 3.05) is 13.1 Å². The van der Waals surface area contributed by atoms with Gasteiger partial charge in [0.25, 0.3) is 0 Å². The molecule has 1 unspecified atom stereocenters. The van der Waals surface area contributed by atoms with E-state index in [4.69, 9.17) is 0 Å². The molecule has 1 rings (SSSR count). The lowest BCUT2D eigenvalue weighted by Crippen LogP contribution is -2.37. The zero-order valence-electron chi connectivity index (χ0n) is 10.00. The molecule has 0 bridgehead atoms. The van der Waals surface area contributed by atoms with Crippen LogP contribution in [0.3, 0.4) is 0 Å². The maximum Gasteiger partial charge on any atom is 0.147 e. The quantitative estimate of drug-likeness (QED) is 0.803. The topological polar surface area (TPSA) is 45.1 Å². The van der Waals surface area contributed by atoms with Crippen LogP contribution in [0.2, 0.25) is 0 Å². The molecule has 0 fully saturated rings. The minimum Gasteiger partial charge on any atom is -0.384 e. The lowest BCUT2D eigenvalue weighted by molar-refractivity contribution is 0.0525. The number of halogens is 1. The molecular formula is C12H19FN2O. The Morgan fingerprint density at radius 3 is 2.81 bits per heavy atom. The van der Waals surface area contributed by atoms with Gasteiger partial charge in [0.15, 0.2) is 0 Å². The van der Waals surface area contributed by atoms with Crippen LogP contribution in [0, 0.1) is 11.7 Å². The Morgan fingerprint density at radius 1 is 1.56 bits per heavy atom. The molecule has 1 aromatic heterocycles. The number of hydrogen-bond acceptors (Lipinski definition) is 3. The first kappa shape index (κ1) is 13.1. The van der Waals surface area contributed by atoms with E-state index >= 15 is 0 Å². The summed E-state index contributed by atoms with van der Waals surface area (Å²) < 4.78 is 13.4. The molecule has 16 heavy (non-hydrogen) atoms. The summed E-state index contributed by atoms with van der Waals surface area (Å²) in [5.41, 5.74) is -0.930. The molecule has 0 spiro atoms. The van der Waals surface area contributed by atoms with Gasteiger partial charge in [-0.25, -0.2) is 4.39 Å². The maximum absolute atomic E-state index is 13.4. The average molecular weight is 226 g/mol. The first-order valence-electron chi connectivity index (χ1n) is 5.46. The third-order valence-corrected chi connectivity index (χ3v) is 2.37. The maximum atomic E-state index is 13.4. The second-order valence-corrected chi connectivity index (χ2v) is 4.65. The molecule has 1 aromatic rings. The molecule has 0 aromatic carbocycles. The molecule has 2 N–H and O–H groups in total. The standard InChI is InChI=1S/C12H19FN2O/c1-9(2)6-15-8-12(3,16)10-4-5-14-7-11(10)13/h4-5,7,9,15-16H,6,8H2,1-3H3. The van der Waals surface area contributed by atoms with Gasteiger partial charge in [0, 0.05) is 18.3 Å². The molecule has 1 heterocycles. The Morgan fingerprint density at radius 2 is 2.25 bits per heavy atom. The molecule has 0 amide bonds. The van der Waals surface area contributed by atoms with Gasteiger partial charge in [0.2, 0.25) is 0 Å². The third kappa shape index (κ3) is 3.54. The predicted octanol–water partition coefficient (Wildman–Crippen LogP) is 1.67. The molecule has 4 heteroatoms. The van der Waals surface area contributed by atoms with Gasteiger partial charge in [0.1, 0.15) is 11.4 Å². The van der Waals surface area contributed by atoms with Crippen LogP contribution in [-0.2, 0) is 5.60 Å². The fourth-order valence-electron chi connectivity index (χ4n) is 1.51. The number of nitrogens with one attached hydrogen (secondary N) is 1. The number of pyridine rings is 1. The summed E-state index contributed by atoms with van der Waals surface area (Å²) in [6, 6.07) is 1.51. The summed E-state index contributed by atoms with van der Waals surface area (Å²) >= 11 is 0. The molecule has 90 valence electrons. The number of nitrogens with zero attached hydrogens (tertiary/aromatic N) is 1. The van der Waals surface area contributed by atoms with Crippen molar-refractivity contribution >= 4 is 0 Å². The lowest BCUT2D eigenvalue weighted by atomic mass is 9.96. The molecule has 0 radical (unpaired) electrons. The minimum absolute atomic E-state index is 0.277. The molecule has 0 saturated heterocycles. The zero-order chi connectivity index (χ0) is 12.2. The zero-order valence-corrected chi connectivity index (χ0v) is 10.00. The summed E-state index contributed by atoms with van der Waals surface area (Å²) in [5, 5.41) is 13.3. The van der Waals surface area contributed by atoms with Gasteiger partial charge in [-0.3, -0.25) is 4.98 Å². The van der Waals surface area contributed by atoms with E-state index in [1.54, 1.807) is 6.92 Å². The Balaban J connectivity index is 2.66. The van der Waals surface area contributed by atoms with Gasteiger partial charge in [-0.15, -0.1) is 0 Å². The van der Waals surface area contributed by atoms with E-state index in [2.05, 4.69) is 24.1 Å².